The van der Waals surface area contributed by atoms with Crippen LogP contribution in [0, 0.1) is 6.92 Å². The summed E-state index contributed by atoms with van der Waals surface area (Å²) in [4.78, 5) is 11.9. The number of methoxy groups -OCH3 is 1. The molecule has 6 nitrogen and oxygen atoms in total. The molecule has 1 aliphatic rings. The lowest BCUT2D eigenvalue weighted by Crippen LogP contribution is -2.40. The number of nitrogens with two attached hydrogens (primary N) is 1. The maximum atomic E-state index is 12.8. The number of hydrogen-bond acceptors (Lipinski definition) is 6. The van der Waals surface area contributed by atoms with Gasteiger partial charge in [0.1, 0.15) is 9.77 Å². The Morgan fingerprint density at radius 2 is 2.30 bits per heavy atom. The second-order valence-electron chi connectivity index (χ2n) is 4.72. The highest BCUT2D eigenvalue weighted by Crippen LogP contribution is 2.33. The highest BCUT2D eigenvalue weighted by Gasteiger charge is 2.38. The van der Waals surface area contributed by atoms with Crippen molar-refractivity contribution < 1.29 is 17.9 Å². The molecule has 0 radical (unpaired) electrons. The third-order valence-electron chi connectivity index (χ3n) is 3.45. The zero-order chi connectivity index (χ0) is 14.9. The Labute approximate surface area is 122 Å². The molecule has 1 unspecified atom stereocenters. The molecular formula is C12H18N2O4S2. The molecule has 0 saturated carbocycles. The molecule has 8 heteroatoms. The van der Waals surface area contributed by atoms with Crippen LogP contribution < -0.4 is 5.73 Å². The molecule has 1 aliphatic heterocycles. The molecular weight excluding hydrogens is 300 g/mol. The zero-order valence-electron chi connectivity index (χ0n) is 11.5. The number of thiophene rings is 1. The van der Waals surface area contributed by atoms with Crippen molar-refractivity contribution in [3.63, 3.8) is 0 Å². The van der Waals surface area contributed by atoms with Crippen molar-refractivity contribution in [1.29, 1.82) is 0 Å². The zero-order valence-corrected chi connectivity index (χ0v) is 13.1. The third-order valence-corrected chi connectivity index (χ3v) is 6.80. The number of carbonyl (C=O) groups is 1. The Hall–Kier alpha value is -0.960. The van der Waals surface area contributed by atoms with Crippen LogP contribution in [-0.4, -0.2) is 44.9 Å². The monoisotopic (exact) mass is 318 g/mol. The summed E-state index contributed by atoms with van der Waals surface area (Å²) in [5.74, 6) is -0.620. The van der Waals surface area contributed by atoms with E-state index in [1.54, 1.807) is 12.3 Å². The summed E-state index contributed by atoms with van der Waals surface area (Å²) >= 11 is 1.09. The van der Waals surface area contributed by atoms with E-state index in [2.05, 4.69) is 4.74 Å². The Morgan fingerprint density at radius 1 is 1.60 bits per heavy atom. The molecule has 0 aromatic carbocycles. The number of esters is 1. The molecule has 2 heterocycles. The van der Waals surface area contributed by atoms with Crippen molar-refractivity contribution in [2.45, 2.75) is 30.7 Å². The SMILES string of the molecule is COC(=O)c1scc(C)c1S(=O)(=O)N1CCCC1CN. The van der Waals surface area contributed by atoms with Crippen LogP contribution in [0.25, 0.3) is 0 Å². The van der Waals surface area contributed by atoms with E-state index in [-0.39, 0.29) is 22.4 Å². The molecule has 112 valence electrons. The third kappa shape index (κ3) is 2.48. The van der Waals surface area contributed by atoms with Crippen LogP contribution in [0.15, 0.2) is 10.3 Å². The Balaban J connectivity index is 2.49. The molecule has 1 saturated heterocycles. The lowest BCUT2D eigenvalue weighted by molar-refractivity contribution is 0.0602. The molecule has 1 fully saturated rings. The van der Waals surface area contributed by atoms with E-state index in [1.807, 2.05) is 0 Å². The van der Waals surface area contributed by atoms with Crippen molar-refractivity contribution in [2.75, 3.05) is 20.2 Å². The van der Waals surface area contributed by atoms with E-state index in [0.29, 0.717) is 12.1 Å². The molecule has 1 aromatic heterocycles. The van der Waals surface area contributed by atoms with Crippen molar-refractivity contribution >= 4 is 27.3 Å². The molecule has 2 rings (SSSR count). The Kier molecular flexibility index (Phi) is 4.48. The van der Waals surface area contributed by atoms with Crippen LogP contribution in [0.1, 0.15) is 28.1 Å². The summed E-state index contributed by atoms with van der Waals surface area (Å²) in [6.07, 6.45) is 1.55. The van der Waals surface area contributed by atoms with E-state index in [1.165, 1.54) is 11.4 Å². The van der Waals surface area contributed by atoms with Crippen LogP contribution >= 0.6 is 11.3 Å². The van der Waals surface area contributed by atoms with Gasteiger partial charge in [-0.2, -0.15) is 4.31 Å². The standard InChI is InChI=1S/C12H18N2O4S2/c1-8-7-19-10(12(15)18-2)11(8)20(16,17)14-5-3-4-9(14)6-13/h7,9H,3-6,13H2,1-2H3. The van der Waals surface area contributed by atoms with Crippen LogP contribution in [-0.2, 0) is 14.8 Å². The van der Waals surface area contributed by atoms with E-state index >= 15 is 0 Å². The number of ether oxygens (including phenoxy) is 1. The van der Waals surface area contributed by atoms with E-state index < -0.39 is 16.0 Å². The molecule has 20 heavy (non-hydrogen) atoms. The van der Waals surface area contributed by atoms with Crippen molar-refractivity contribution in [2.24, 2.45) is 5.73 Å². The first-order chi connectivity index (χ1) is 9.43. The van der Waals surface area contributed by atoms with Crippen molar-refractivity contribution in [1.82, 2.24) is 4.31 Å². The van der Waals surface area contributed by atoms with Crippen LogP contribution in [0.3, 0.4) is 0 Å². The van der Waals surface area contributed by atoms with Gasteiger partial charge in [-0.1, -0.05) is 0 Å². The van der Waals surface area contributed by atoms with Gasteiger partial charge in [-0.05, 0) is 30.7 Å². The van der Waals surface area contributed by atoms with Crippen molar-refractivity contribution in [3.05, 3.63) is 15.8 Å². The lowest BCUT2D eigenvalue weighted by atomic mass is 10.2. The van der Waals surface area contributed by atoms with Gasteiger partial charge in [-0.3, -0.25) is 0 Å². The van der Waals surface area contributed by atoms with Crippen LogP contribution in [0.4, 0.5) is 0 Å². The van der Waals surface area contributed by atoms with Crippen LogP contribution in [0.2, 0.25) is 0 Å². The minimum atomic E-state index is -3.71. The fraction of sp³-hybridized carbons (Fsp3) is 0.583. The van der Waals surface area contributed by atoms with Gasteiger partial charge in [0.15, 0.2) is 0 Å². The molecule has 1 atom stereocenters. The number of carbonyl (C=O) groups excluding carboxylic acids is 1. The molecule has 2 N–H and O–H groups in total. The number of nitrogens with zero attached hydrogens (tertiary/aromatic N) is 1. The highest BCUT2D eigenvalue weighted by atomic mass is 32.2. The van der Waals surface area contributed by atoms with Gasteiger partial charge in [0.2, 0.25) is 10.0 Å². The van der Waals surface area contributed by atoms with Gasteiger partial charge in [0.05, 0.1) is 7.11 Å². The first-order valence-corrected chi connectivity index (χ1v) is 8.63. The second-order valence-corrected chi connectivity index (χ2v) is 7.42. The van der Waals surface area contributed by atoms with Gasteiger partial charge >= 0.3 is 5.97 Å². The molecule has 0 aliphatic carbocycles. The molecule has 0 bridgehead atoms. The molecule has 1 aromatic rings. The van der Waals surface area contributed by atoms with Gasteiger partial charge in [0, 0.05) is 19.1 Å². The Bertz CT molecular complexity index is 609. The summed E-state index contributed by atoms with van der Waals surface area (Å²) in [7, 11) is -2.47. The summed E-state index contributed by atoms with van der Waals surface area (Å²) in [6, 6.07) is -0.190. The quantitative estimate of drug-likeness (QED) is 0.835. The average molecular weight is 318 g/mol. The lowest BCUT2D eigenvalue weighted by Gasteiger charge is -2.23. The highest BCUT2D eigenvalue weighted by molar-refractivity contribution is 7.89. The van der Waals surface area contributed by atoms with Gasteiger partial charge in [-0.15, -0.1) is 11.3 Å². The van der Waals surface area contributed by atoms with E-state index in [9.17, 15) is 13.2 Å². The normalized spacial score (nSPS) is 20.2. The predicted molar refractivity (Wildman–Crippen MR) is 76.4 cm³/mol. The second kappa shape index (κ2) is 5.80. The smallest absolute Gasteiger partial charge is 0.349 e. The first kappa shape index (κ1) is 15.4. The first-order valence-electron chi connectivity index (χ1n) is 6.31. The summed E-state index contributed by atoms with van der Waals surface area (Å²) in [5, 5.41) is 1.66. The fourth-order valence-electron chi connectivity index (χ4n) is 2.47. The molecule has 0 amide bonds. The molecule has 0 spiro atoms. The summed E-state index contributed by atoms with van der Waals surface area (Å²) < 4.78 is 31.7. The van der Waals surface area contributed by atoms with Crippen LogP contribution in [0.5, 0.6) is 0 Å². The van der Waals surface area contributed by atoms with Gasteiger partial charge in [-0.25, -0.2) is 13.2 Å². The predicted octanol–water partition coefficient (Wildman–Crippen LogP) is 0.955. The maximum Gasteiger partial charge on any atom is 0.349 e. The maximum absolute atomic E-state index is 12.8. The average Bonchev–Trinajstić information content (AvgIpc) is 3.04. The Morgan fingerprint density at radius 3 is 2.90 bits per heavy atom. The number of rotatable bonds is 4. The van der Waals surface area contributed by atoms with Gasteiger partial charge < -0.3 is 10.5 Å². The number of aryl methyl sites for hydroxylation is 1. The summed E-state index contributed by atoms with van der Waals surface area (Å²) in [6.45, 7) is 2.42. The van der Waals surface area contributed by atoms with Crippen molar-refractivity contribution in [3.8, 4) is 0 Å². The minimum absolute atomic E-state index is 0.0645. The fourth-order valence-corrected chi connectivity index (χ4v) is 5.83. The largest absolute Gasteiger partial charge is 0.465 e. The number of sulfonamides is 1. The van der Waals surface area contributed by atoms with E-state index in [4.69, 9.17) is 5.73 Å². The topological polar surface area (TPSA) is 89.7 Å². The minimum Gasteiger partial charge on any atom is -0.465 e. The number of hydrogen-bond donors (Lipinski definition) is 1. The van der Waals surface area contributed by atoms with Gasteiger partial charge in [0.25, 0.3) is 0 Å². The summed E-state index contributed by atoms with van der Waals surface area (Å²) in [5.41, 5.74) is 6.21. The van der Waals surface area contributed by atoms with E-state index in [0.717, 1.165) is 24.2 Å².